The molecular formula is C14H19BrN2O3. The number of carbonyl (C=O) groups is 2. The minimum absolute atomic E-state index is 0.0604. The van der Waals surface area contributed by atoms with Gasteiger partial charge in [-0.05, 0) is 24.6 Å². The normalized spacial score (nSPS) is 10.2. The van der Waals surface area contributed by atoms with Crippen LogP contribution in [0.4, 0.5) is 5.69 Å². The Morgan fingerprint density at radius 2 is 1.95 bits per heavy atom. The fourth-order valence-electron chi connectivity index (χ4n) is 1.81. The number of anilines is 1. The molecule has 1 aromatic carbocycles. The standard InChI is InChI=1S/C14H19BrN2O3/c1-4-7-17(9-13(18)16(2)3)12-8-10(15)5-6-11(12)14(19)20/h5-6,8H,4,7,9H2,1-3H3,(H,19,20). The zero-order valence-electron chi connectivity index (χ0n) is 11.9. The lowest BCUT2D eigenvalue weighted by atomic mass is 10.1. The van der Waals surface area contributed by atoms with Crippen LogP contribution in [-0.4, -0.2) is 49.1 Å². The topological polar surface area (TPSA) is 60.9 Å². The third kappa shape index (κ3) is 4.23. The number of rotatable bonds is 6. The highest BCUT2D eigenvalue weighted by atomic mass is 79.9. The van der Waals surface area contributed by atoms with Gasteiger partial charge < -0.3 is 14.9 Å². The first kappa shape index (κ1) is 16.5. The summed E-state index contributed by atoms with van der Waals surface area (Å²) >= 11 is 3.35. The molecule has 0 aliphatic heterocycles. The summed E-state index contributed by atoms with van der Waals surface area (Å²) in [6.07, 6.45) is 0.826. The minimum Gasteiger partial charge on any atom is -0.478 e. The van der Waals surface area contributed by atoms with Crippen molar-refractivity contribution in [2.75, 3.05) is 32.1 Å². The summed E-state index contributed by atoms with van der Waals surface area (Å²) in [6, 6.07) is 4.97. The monoisotopic (exact) mass is 342 g/mol. The maximum Gasteiger partial charge on any atom is 0.337 e. The first-order chi connectivity index (χ1) is 9.36. The van der Waals surface area contributed by atoms with Crippen LogP contribution in [0.2, 0.25) is 0 Å². The fraction of sp³-hybridized carbons (Fsp3) is 0.429. The molecule has 0 saturated carbocycles. The van der Waals surface area contributed by atoms with Gasteiger partial charge in [0.1, 0.15) is 0 Å². The molecule has 110 valence electrons. The summed E-state index contributed by atoms with van der Waals surface area (Å²) in [6.45, 7) is 2.78. The van der Waals surface area contributed by atoms with Crippen molar-refractivity contribution in [2.24, 2.45) is 0 Å². The minimum atomic E-state index is -0.995. The quantitative estimate of drug-likeness (QED) is 0.862. The lowest BCUT2D eigenvalue weighted by Gasteiger charge is -2.26. The van der Waals surface area contributed by atoms with Crippen LogP contribution in [0, 0.1) is 0 Å². The zero-order chi connectivity index (χ0) is 15.3. The number of hydrogen-bond acceptors (Lipinski definition) is 3. The van der Waals surface area contributed by atoms with Crippen LogP contribution in [0.25, 0.3) is 0 Å². The molecule has 1 amide bonds. The number of carboxylic acids is 1. The molecule has 1 aromatic rings. The van der Waals surface area contributed by atoms with Crippen LogP contribution in [0.3, 0.4) is 0 Å². The number of likely N-dealkylation sites (N-methyl/N-ethyl adjacent to an activating group) is 1. The van der Waals surface area contributed by atoms with E-state index in [0.717, 1.165) is 10.9 Å². The Bertz CT molecular complexity index is 503. The molecule has 0 radical (unpaired) electrons. The summed E-state index contributed by atoms with van der Waals surface area (Å²) in [5, 5.41) is 9.28. The van der Waals surface area contributed by atoms with Gasteiger partial charge >= 0.3 is 5.97 Å². The molecule has 1 rings (SSSR count). The molecule has 0 unspecified atom stereocenters. The summed E-state index contributed by atoms with van der Waals surface area (Å²) < 4.78 is 0.788. The third-order valence-electron chi connectivity index (χ3n) is 2.85. The number of benzene rings is 1. The largest absolute Gasteiger partial charge is 0.478 e. The number of carboxylic acid groups (broad SMARTS) is 1. The first-order valence-corrected chi connectivity index (χ1v) is 7.14. The van der Waals surface area contributed by atoms with Gasteiger partial charge in [-0.15, -0.1) is 0 Å². The van der Waals surface area contributed by atoms with E-state index in [4.69, 9.17) is 0 Å². The summed E-state index contributed by atoms with van der Waals surface area (Å²) in [5.41, 5.74) is 0.761. The van der Waals surface area contributed by atoms with Crippen molar-refractivity contribution in [3.8, 4) is 0 Å². The van der Waals surface area contributed by atoms with E-state index in [1.165, 1.54) is 4.90 Å². The Kier molecular flexibility index (Phi) is 6.01. The Morgan fingerprint density at radius 3 is 2.45 bits per heavy atom. The summed E-state index contributed by atoms with van der Waals surface area (Å²) in [7, 11) is 3.37. The van der Waals surface area contributed by atoms with E-state index in [-0.39, 0.29) is 18.0 Å². The van der Waals surface area contributed by atoms with E-state index in [0.29, 0.717) is 12.2 Å². The third-order valence-corrected chi connectivity index (χ3v) is 3.34. The van der Waals surface area contributed by atoms with Gasteiger partial charge in [0, 0.05) is 25.1 Å². The number of hydrogen-bond donors (Lipinski definition) is 1. The van der Waals surface area contributed by atoms with Gasteiger partial charge in [0.15, 0.2) is 0 Å². The number of nitrogens with zero attached hydrogens (tertiary/aromatic N) is 2. The van der Waals surface area contributed by atoms with Crippen LogP contribution in [-0.2, 0) is 4.79 Å². The van der Waals surface area contributed by atoms with Gasteiger partial charge in [0.05, 0.1) is 17.8 Å². The SMILES string of the molecule is CCCN(CC(=O)N(C)C)c1cc(Br)ccc1C(=O)O. The lowest BCUT2D eigenvalue weighted by molar-refractivity contribution is -0.127. The fourth-order valence-corrected chi connectivity index (χ4v) is 2.16. The lowest BCUT2D eigenvalue weighted by Crippen LogP contribution is -2.37. The van der Waals surface area contributed by atoms with E-state index in [9.17, 15) is 14.7 Å². The van der Waals surface area contributed by atoms with Crippen molar-refractivity contribution in [3.63, 3.8) is 0 Å². The van der Waals surface area contributed by atoms with Crippen LogP contribution >= 0.6 is 15.9 Å². The second-order valence-electron chi connectivity index (χ2n) is 4.68. The Hall–Kier alpha value is -1.56. The average molecular weight is 343 g/mol. The number of aromatic carboxylic acids is 1. The Morgan fingerprint density at radius 1 is 1.30 bits per heavy atom. The smallest absolute Gasteiger partial charge is 0.337 e. The molecule has 0 fully saturated rings. The predicted molar refractivity (Wildman–Crippen MR) is 82.3 cm³/mol. The van der Waals surface area contributed by atoms with E-state index >= 15 is 0 Å². The molecule has 0 spiro atoms. The van der Waals surface area contributed by atoms with E-state index in [1.54, 1.807) is 37.2 Å². The van der Waals surface area contributed by atoms with Crippen molar-refractivity contribution in [2.45, 2.75) is 13.3 Å². The van der Waals surface area contributed by atoms with E-state index in [1.807, 2.05) is 6.92 Å². The highest BCUT2D eigenvalue weighted by Gasteiger charge is 2.19. The Labute approximate surface area is 127 Å². The van der Waals surface area contributed by atoms with Crippen molar-refractivity contribution in [3.05, 3.63) is 28.2 Å². The maximum atomic E-state index is 11.9. The van der Waals surface area contributed by atoms with Crippen molar-refractivity contribution < 1.29 is 14.7 Å². The maximum absolute atomic E-state index is 11.9. The van der Waals surface area contributed by atoms with Gasteiger partial charge in [-0.2, -0.15) is 0 Å². The molecule has 6 heteroatoms. The molecule has 0 atom stereocenters. The second kappa shape index (κ2) is 7.28. The van der Waals surface area contributed by atoms with Gasteiger partial charge in [0.2, 0.25) is 5.91 Å². The summed E-state index contributed by atoms with van der Waals surface area (Å²) in [4.78, 5) is 26.5. The molecule has 0 aromatic heterocycles. The molecule has 0 bridgehead atoms. The van der Waals surface area contributed by atoms with Crippen molar-refractivity contribution >= 4 is 33.5 Å². The van der Waals surface area contributed by atoms with Crippen LogP contribution < -0.4 is 4.90 Å². The molecule has 0 aliphatic rings. The molecule has 20 heavy (non-hydrogen) atoms. The van der Waals surface area contributed by atoms with Gasteiger partial charge in [-0.1, -0.05) is 22.9 Å². The van der Waals surface area contributed by atoms with E-state index in [2.05, 4.69) is 15.9 Å². The average Bonchev–Trinajstić information content (AvgIpc) is 2.37. The first-order valence-electron chi connectivity index (χ1n) is 6.34. The highest BCUT2D eigenvalue weighted by molar-refractivity contribution is 9.10. The Balaban J connectivity index is 3.16. The highest BCUT2D eigenvalue weighted by Crippen LogP contribution is 2.25. The number of amides is 1. The number of carbonyl (C=O) groups excluding carboxylic acids is 1. The van der Waals surface area contributed by atoms with Gasteiger partial charge in [-0.25, -0.2) is 4.79 Å². The molecule has 0 heterocycles. The second-order valence-corrected chi connectivity index (χ2v) is 5.59. The number of halogens is 1. The van der Waals surface area contributed by atoms with Gasteiger partial charge in [0.25, 0.3) is 0 Å². The molecule has 0 saturated heterocycles. The van der Waals surface area contributed by atoms with Crippen molar-refractivity contribution in [1.29, 1.82) is 0 Å². The van der Waals surface area contributed by atoms with Crippen LogP contribution in [0.1, 0.15) is 23.7 Å². The molecule has 5 nitrogen and oxygen atoms in total. The van der Waals surface area contributed by atoms with E-state index < -0.39 is 5.97 Å². The molecule has 1 N–H and O–H groups in total. The molecule has 0 aliphatic carbocycles. The van der Waals surface area contributed by atoms with Crippen LogP contribution in [0.5, 0.6) is 0 Å². The summed E-state index contributed by atoms with van der Waals surface area (Å²) in [5.74, 6) is -1.05. The van der Waals surface area contributed by atoms with Crippen LogP contribution in [0.15, 0.2) is 22.7 Å². The van der Waals surface area contributed by atoms with Gasteiger partial charge in [-0.3, -0.25) is 4.79 Å². The van der Waals surface area contributed by atoms with Crippen molar-refractivity contribution in [1.82, 2.24) is 4.90 Å². The molecular weight excluding hydrogens is 324 g/mol. The predicted octanol–water partition coefficient (Wildman–Crippen LogP) is 2.45. The zero-order valence-corrected chi connectivity index (χ0v) is 13.5.